The lowest BCUT2D eigenvalue weighted by Crippen LogP contribution is -2.54. The molecule has 0 bridgehead atoms. The second kappa shape index (κ2) is 7.94. The normalized spacial score (nSPS) is 25.8. The van der Waals surface area contributed by atoms with Crippen LogP contribution in [0.3, 0.4) is 0 Å². The summed E-state index contributed by atoms with van der Waals surface area (Å²) >= 11 is 0. The topological polar surface area (TPSA) is 65.7 Å². The molecule has 1 amide bonds. The summed E-state index contributed by atoms with van der Waals surface area (Å²) in [5.41, 5.74) is 5.89. The lowest BCUT2D eigenvalue weighted by atomic mass is 9.92. The molecule has 2 saturated heterocycles. The molecular weight excluding hydrogens is 302 g/mol. The Labute approximate surface area is 144 Å². The van der Waals surface area contributed by atoms with E-state index in [4.69, 9.17) is 5.73 Å². The molecule has 6 nitrogen and oxygen atoms in total. The van der Waals surface area contributed by atoms with Crippen molar-refractivity contribution >= 4 is 11.7 Å². The molecule has 2 N–H and O–H groups in total. The van der Waals surface area contributed by atoms with Gasteiger partial charge in [0.1, 0.15) is 5.82 Å². The highest BCUT2D eigenvalue weighted by Crippen LogP contribution is 2.22. The van der Waals surface area contributed by atoms with Crippen LogP contribution < -0.4 is 10.6 Å². The second-order valence-corrected chi connectivity index (χ2v) is 7.06. The zero-order valence-electron chi connectivity index (χ0n) is 14.6. The van der Waals surface area contributed by atoms with Gasteiger partial charge >= 0.3 is 0 Å². The summed E-state index contributed by atoms with van der Waals surface area (Å²) in [6.07, 6.45) is 3.96. The minimum Gasteiger partial charge on any atom is -0.354 e. The van der Waals surface area contributed by atoms with Gasteiger partial charge in [0.2, 0.25) is 5.91 Å². The zero-order chi connectivity index (χ0) is 16.9. The van der Waals surface area contributed by atoms with E-state index >= 15 is 0 Å². The van der Waals surface area contributed by atoms with Crippen LogP contribution >= 0.6 is 0 Å². The van der Waals surface area contributed by atoms with E-state index in [1.807, 2.05) is 29.3 Å². The summed E-state index contributed by atoms with van der Waals surface area (Å²) in [7, 11) is 0. The number of anilines is 1. The van der Waals surface area contributed by atoms with E-state index in [0.29, 0.717) is 19.0 Å². The minimum atomic E-state index is 0.219. The fourth-order valence-electron chi connectivity index (χ4n) is 3.76. The number of nitrogens with zero attached hydrogens (tertiary/aromatic N) is 4. The molecule has 132 valence electrons. The van der Waals surface area contributed by atoms with Gasteiger partial charge in [-0.2, -0.15) is 0 Å². The molecule has 0 spiro atoms. The van der Waals surface area contributed by atoms with Crippen LogP contribution in [0, 0.1) is 5.92 Å². The van der Waals surface area contributed by atoms with Crippen molar-refractivity contribution < 1.29 is 4.79 Å². The average Bonchev–Trinajstić information content (AvgIpc) is 2.63. The molecule has 0 aliphatic carbocycles. The van der Waals surface area contributed by atoms with E-state index in [2.05, 4.69) is 21.7 Å². The molecule has 2 aliphatic heterocycles. The highest BCUT2D eigenvalue weighted by atomic mass is 16.2. The van der Waals surface area contributed by atoms with Crippen LogP contribution in [0.2, 0.25) is 0 Å². The van der Waals surface area contributed by atoms with Gasteiger partial charge < -0.3 is 15.5 Å². The molecule has 1 aromatic heterocycles. The van der Waals surface area contributed by atoms with E-state index < -0.39 is 0 Å². The number of rotatable bonds is 4. The van der Waals surface area contributed by atoms with Crippen LogP contribution in [-0.2, 0) is 4.79 Å². The average molecular weight is 331 g/mol. The van der Waals surface area contributed by atoms with Crippen LogP contribution in [0.4, 0.5) is 5.82 Å². The van der Waals surface area contributed by atoms with Crippen LogP contribution in [0.5, 0.6) is 0 Å². The van der Waals surface area contributed by atoms with E-state index in [-0.39, 0.29) is 11.9 Å². The van der Waals surface area contributed by atoms with E-state index in [0.717, 1.165) is 51.4 Å². The second-order valence-electron chi connectivity index (χ2n) is 7.06. The first-order valence-corrected chi connectivity index (χ1v) is 9.05. The number of likely N-dealkylation sites (tertiary alicyclic amines) is 1. The summed E-state index contributed by atoms with van der Waals surface area (Å²) in [6, 6.07) is 6.21. The van der Waals surface area contributed by atoms with Gasteiger partial charge in [-0.15, -0.1) is 0 Å². The Balaban J connectivity index is 1.49. The number of aromatic nitrogens is 1. The van der Waals surface area contributed by atoms with Crippen molar-refractivity contribution in [2.24, 2.45) is 11.7 Å². The fraction of sp³-hybridized carbons (Fsp3) is 0.667. The number of nitrogens with two attached hydrogens (primary N) is 1. The minimum absolute atomic E-state index is 0.219. The van der Waals surface area contributed by atoms with Crippen molar-refractivity contribution in [3.8, 4) is 0 Å². The predicted molar refractivity (Wildman–Crippen MR) is 95.8 cm³/mol. The number of hydrogen-bond acceptors (Lipinski definition) is 5. The van der Waals surface area contributed by atoms with Gasteiger partial charge in [-0.1, -0.05) is 13.0 Å². The predicted octanol–water partition coefficient (Wildman–Crippen LogP) is 0.789. The molecule has 3 rings (SSSR count). The van der Waals surface area contributed by atoms with Crippen LogP contribution in [-0.4, -0.2) is 72.5 Å². The standard InChI is InChI=1S/C18H29N5O/c1-15-5-7-23(16(12-15)13-19)18(24)14-21-8-10-22(11-9-21)17-4-2-3-6-20-17/h2-4,6,15-16H,5,7-14,19H2,1H3. The third kappa shape index (κ3) is 4.05. The maximum Gasteiger partial charge on any atom is 0.237 e. The summed E-state index contributed by atoms with van der Waals surface area (Å²) in [5.74, 6) is 1.94. The maximum atomic E-state index is 12.7. The molecule has 2 fully saturated rings. The third-order valence-electron chi connectivity index (χ3n) is 5.27. The number of piperazine rings is 1. The molecule has 6 heteroatoms. The Morgan fingerprint density at radius 1 is 1.25 bits per heavy atom. The molecule has 3 heterocycles. The summed E-state index contributed by atoms with van der Waals surface area (Å²) in [6.45, 7) is 7.84. The Morgan fingerprint density at radius 2 is 2.04 bits per heavy atom. The van der Waals surface area contributed by atoms with Gasteiger partial charge in [0.05, 0.1) is 6.54 Å². The van der Waals surface area contributed by atoms with Gasteiger partial charge in [0.25, 0.3) is 0 Å². The largest absolute Gasteiger partial charge is 0.354 e. The molecule has 1 aromatic rings. The lowest BCUT2D eigenvalue weighted by Gasteiger charge is -2.40. The van der Waals surface area contributed by atoms with Gasteiger partial charge in [0.15, 0.2) is 0 Å². The number of carbonyl (C=O) groups is 1. The van der Waals surface area contributed by atoms with Gasteiger partial charge in [-0.05, 0) is 30.9 Å². The van der Waals surface area contributed by atoms with Crippen molar-refractivity contribution in [2.45, 2.75) is 25.8 Å². The van der Waals surface area contributed by atoms with E-state index in [1.54, 1.807) is 0 Å². The highest BCUT2D eigenvalue weighted by Gasteiger charge is 2.30. The van der Waals surface area contributed by atoms with Crippen LogP contribution in [0.1, 0.15) is 19.8 Å². The van der Waals surface area contributed by atoms with Gasteiger partial charge in [0, 0.05) is 51.5 Å². The van der Waals surface area contributed by atoms with Crippen molar-refractivity contribution in [2.75, 3.05) is 50.7 Å². The van der Waals surface area contributed by atoms with Crippen LogP contribution in [0.15, 0.2) is 24.4 Å². The van der Waals surface area contributed by atoms with E-state index in [9.17, 15) is 4.79 Å². The number of piperidine rings is 1. The molecule has 0 aromatic carbocycles. The first-order chi connectivity index (χ1) is 11.7. The Hall–Kier alpha value is -1.66. The molecule has 24 heavy (non-hydrogen) atoms. The number of hydrogen-bond donors (Lipinski definition) is 1. The molecule has 0 radical (unpaired) electrons. The maximum absolute atomic E-state index is 12.7. The lowest BCUT2D eigenvalue weighted by molar-refractivity contribution is -0.136. The first-order valence-electron chi connectivity index (χ1n) is 9.05. The molecule has 0 saturated carbocycles. The molecule has 2 unspecified atom stereocenters. The molecule has 2 atom stereocenters. The van der Waals surface area contributed by atoms with Crippen LogP contribution in [0.25, 0.3) is 0 Å². The summed E-state index contributed by atoms with van der Waals surface area (Å²) in [5, 5.41) is 0. The van der Waals surface area contributed by atoms with Gasteiger partial charge in [-0.3, -0.25) is 9.69 Å². The van der Waals surface area contributed by atoms with Crippen molar-refractivity contribution in [3.05, 3.63) is 24.4 Å². The smallest absolute Gasteiger partial charge is 0.237 e. The first kappa shape index (κ1) is 17.2. The van der Waals surface area contributed by atoms with Gasteiger partial charge in [-0.25, -0.2) is 4.98 Å². The van der Waals surface area contributed by atoms with Crippen molar-refractivity contribution in [1.82, 2.24) is 14.8 Å². The summed E-state index contributed by atoms with van der Waals surface area (Å²) in [4.78, 5) is 23.7. The Kier molecular flexibility index (Phi) is 5.68. The van der Waals surface area contributed by atoms with Crippen molar-refractivity contribution in [1.29, 1.82) is 0 Å². The molecule has 2 aliphatic rings. The third-order valence-corrected chi connectivity index (χ3v) is 5.27. The summed E-state index contributed by atoms with van der Waals surface area (Å²) < 4.78 is 0. The Morgan fingerprint density at radius 3 is 2.71 bits per heavy atom. The monoisotopic (exact) mass is 331 g/mol. The SMILES string of the molecule is CC1CCN(C(=O)CN2CCN(c3ccccn3)CC2)C(CN)C1. The number of carbonyl (C=O) groups excluding carboxylic acids is 1. The zero-order valence-corrected chi connectivity index (χ0v) is 14.6. The fourth-order valence-corrected chi connectivity index (χ4v) is 3.76. The Bertz CT molecular complexity index is 529. The highest BCUT2D eigenvalue weighted by molar-refractivity contribution is 5.78. The van der Waals surface area contributed by atoms with Crippen molar-refractivity contribution in [3.63, 3.8) is 0 Å². The quantitative estimate of drug-likeness (QED) is 0.884. The molecular formula is C18H29N5O. The number of pyridine rings is 1. The van der Waals surface area contributed by atoms with E-state index in [1.165, 1.54) is 0 Å². The number of amides is 1.